The van der Waals surface area contributed by atoms with Crippen molar-refractivity contribution in [1.82, 2.24) is 0 Å². The van der Waals surface area contributed by atoms with Gasteiger partial charge in [-0.1, -0.05) is 0 Å². The molecule has 0 N–H and O–H groups in total. The Hall–Kier alpha value is -0.420. The monoisotopic (exact) mass is 192 g/mol. The topological polar surface area (TPSA) is 0 Å². The Balaban J connectivity index is 2.62. The van der Waals surface area contributed by atoms with Crippen LogP contribution in [-0.2, 0) is 0 Å². The molecule has 0 aromatic carbocycles. The van der Waals surface area contributed by atoms with E-state index in [1.807, 2.05) is 0 Å². The minimum atomic E-state index is -4.70. The maximum absolute atomic E-state index is 11.8. The second kappa shape index (κ2) is 2.53. The van der Waals surface area contributed by atoms with Crippen LogP contribution >= 0.6 is 0 Å². The van der Waals surface area contributed by atoms with Crippen molar-refractivity contribution in [2.24, 2.45) is 11.8 Å². The van der Waals surface area contributed by atoms with E-state index < -0.39 is 37.0 Å². The lowest BCUT2D eigenvalue weighted by atomic mass is 9.73. The SMILES string of the molecule is FC(F)(F)[C@@H]1CC[C@@H]1C(F)(F)F. The molecule has 0 unspecified atom stereocenters. The molecule has 0 saturated heterocycles. The Morgan fingerprint density at radius 2 is 0.917 bits per heavy atom. The van der Waals surface area contributed by atoms with Crippen molar-refractivity contribution in [3.63, 3.8) is 0 Å². The smallest absolute Gasteiger partial charge is 0.171 e. The van der Waals surface area contributed by atoms with Gasteiger partial charge in [0.25, 0.3) is 0 Å². The summed E-state index contributed by atoms with van der Waals surface area (Å²) in [6, 6.07) is 0. The van der Waals surface area contributed by atoms with Crippen LogP contribution in [0.4, 0.5) is 26.3 Å². The molecule has 0 nitrogen and oxygen atoms in total. The molecular weight excluding hydrogens is 186 g/mol. The Morgan fingerprint density at radius 1 is 0.667 bits per heavy atom. The summed E-state index contributed by atoms with van der Waals surface area (Å²) < 4.78 is 70.7. The van der Waals surface area contributed by atoms with Gasteiger partial charge in [0, 0.05) is 0 Å². The highest BCUT2D eigenvalue weighted by molar-refractivity contribution is 4.89. The Morgan fingerprint density at radius 3 is 1.00 bits per heavy atom. The molecule has 12 heavy (non-hydrogen) atoms. The molecule has 0 aromatic heterocycles. The first-order valence-electron chi connectivity index (χ1n) is 3.36. The average Bonchev–Trinajstić information content (AvgIpc) is 1.46. The molecule has 1 rings (SSSR count). The van der Waals surface area contributed by atoms with Gasteiger partial charge in [0.2, 0.25) is 0 Å². The Kier molecular flexibility index (Phi) is 2.04. The van der Waals surface area contributed by atoms with Crippen molar-refractivity contribution in [3.05, 3.63) is 0 Å². The van der Waals surface area contributed by atoms with Gasteiger partial charge >= 0.3 is 12.4 Å². The summed E-state index contributed by atoms with van der Waals surface area (Å²) in [4.78, 5) is 0. The lowest BCUT2D eigenvalue weighted by Gasteiger charge is -2.38. The summed E-state index contributed by atoms with van der Waals surface area (Å²) >= 11 is 0. The lowest BCUT2D eigenvalue weighted by molar-refractivity contribution is -0.284. The van der Waals surface area contributed by atoms with Crippen LogP contribution in [0.5, 0.6) is 0 Å². The van der Waals surface area contributed by atoms with Crippen molar-refractivity contribution in [3.8, 4) is 0 Å². The van der Waals surface area contributed by atoms with Gasteiger partial charge in [-0.3, -0.25) is 0 Å². The maximum Gasteiger partial charge on any atom is 0.392 e. The van der Waals surface area contributed by atoms with E-state index >= 15 is 0 Å². The average molecular weight is 192 g/mol. The van der Waals surface area contributed by atoms with Crippen molar-refractivity contribution >= 4 is 0 Å². The summed E-state index contributed by atoms with van der Waals surface area (Å²) in [7, 11) is 0. The minimum absolute atomic E-state index is 0.395. The molecule has 6 heteroatoms. The fourth-order valence-corrected chi connectivity index (χ4v) is 1.28. The maximum atomic E-state index is 11.8. The Bertz CT molecular complexity index is 146. The van der Waals surface area contributed by atoms with Gasteiger partial charge in [0.05, 0.1) is 11.8 Å². The van der Waals surface area contributed by atoms with E-state index in [1.165, 1.54) is 0 Å². The van der Waals surface area contributed by atoms with Crippen LogP contribution in [0.25, 0.3) is 0 Å². The van der Waals surface area contributed by atoms with Crippen molar-refractivity contribution in [2.45, 2.75) is 25.2 Å². The van der Waals surface area contributed by atoms with Gasteiger partial charge in [0.15, 0.2) is 0 Å². The van der Waals surface area contributed by atoms with Crippen molar-refractivity contribution in [1.29, 1.82) is 0 Å². The van der Waals surface area contributed by atoms with Gasteiger partial charge in [-0.25, -0.2) is 0 Å². The normalized spacial score (nSPS) is 31.5. The number of halogens is 6. The van der Waals surface area contributed by atoms with Crippen LogP contribution in [0.1, 0.15) is 12.8 Å². The molecule has 0 heterocycles. The minimum Gasteiger partial charge on any atom is -0.171 e. The molecule has 72 valence electrons. The second-order valence-corrected chi connectivity index (χ2v) is 2.87. The highest BCUT2D eigenvalue weighted by Crippen LogP contribution is 2.52. The van der Waals surface area contributed by atoms with Crippen LogP contribution in [0.3, 0.4) is 0 Å². The van der Waals surface area contributed by atoms with Crippen LogP contribution in [0.15, 0.2) is 0 Å². The summed E-state index contributed by atoms with van der Waals surface area (Å²) in [6.45, 7) is 0. The molecule has 1 aliphatic rings. The first-order valence-corrected chi connectivity index (χ1v) is 3.36. The van der Waals surface area contributed by atoms with E-state index in [-0.39, 0.29) is 0 Å². The number of alkyl halides is 6. The van der Waals surface area contributed by atoms with Gasteiger partial charge < -0.3 is 0 Å². The molecule has 0 aromatic rings. The highest BCUT2D eigenvalue weighted by atomic mass is 19.4. The second-order valence-electron chi connectivity index (χ2n) is 2.87. The zero-order chi connectivity index (χ0) is 9.57. The summed E-state index contributed by atoms with van der Waals surface area (Å²) in [6.07, 6.45) is -10.2. The third kappa shape index (κ3) is 1.67. The summed E-state index contributed by atoms with van der Waals surface area (Å²) in [5.74, 6) is -4.34. The van der Waals surface area contributed by atoms with Crippen LogP contribution in [-0.4, -0.2) is 12.4 Å². The number of hydrogen-bond acceptors (Lipinski definition) is 0. The first kappa shape index (κ1) is 9.67. The quantitative estimate of drug-likeness (QED) is 0.517. The van der Waals surface area contributed by atoms with E-state index in [2.05, 4.69) is 0 Å². The van der Waals surface area contributed by atoms with E-state index in [9.17, 15) is 26.3 Å². The van der Waals surface area contributed by atoms with Crippen molar-refractivity contribution < 1.29 is 26.3 Å². The van der Waals surface area contributed by atoms with Crippen molar-refractivity contribution in [2.75, 3.05) is 0 Å². The predicted octanol–water partition coefficient (Wildman–Crippen LogP) is 3.14. The van der Waals surface area contributed by atoms with Gasteiger partial charge in [-0.2, -0.15) is 26.3 Å². The van der Waals surface area contributed by atoms with E-state index in [0.29, 0.717) is 0 Å². The molecule has 0 bridgehead atoms. The molecule has 0 amide bonds. The van der Waals surface area contributed by atoms with Crippen LogP contribution < -0.4 is 0 Å². The number of rotatable bonds is 0. The molecular formula is C6H6F6. The van der Waals surface area contributed by atoms with Gasteiger partial charge in [-0.05, 0) is 12.8 Å². The highest BCUT2D eigenvalue weighted by Gasteiger charge is 2.59. The standard InChI is InChI=1S/C6H6F6/c7-5(8,9)3-1-2-4(3)6(10,11)12/h3-4H,1-2H2/t3-,4+. The fourth-order valence-electron chi connectivity index (χ4n) is 1.28. The molecule has 1 saturated carbocycles. The van der Waals surface area contributed by atoms with E-state index in [0.717, 1.165) is 0 Å². The van der Waals surface area contributed by atoms with Gasteiger partial charge in [-0.15, -0.1) is 0 Å². The zero-order valence-corrected chi connectivity index (χ0v) is 5.84. The third-order valence-electron chi connectivity index (χ3n) is 2.12. The number of hydrogen-bond donors (Lipinski definition) is 0. The summed E-state index contributed by atoms with van der Waals surface area (Å²) in [5, 5.41) is 0. The molecule has 2 atom stereocenters. The largest absolute Gasteiger partial charge is 0.392 e. The molecule has 0 radical (unpaired) electrons. The van der Waals surface area contributed by atoms with E-state index in [4.69, 9.17) is 0 Å². The lowest BCUT2D eigenvalue weighted by Crippen LogP contribution is -2.45. The summed E-state index contributed by atoms with van der Waals surface area (Å²) in [5.41, 5.74) is 0. The fraction of sp³-hybridized carbons (Fsp3) is 1.00. The van der Waals surface area contributed by atoms with Gasteiger partial charge in [0.1, 0.15) is 0 Å². The van der Waals surface area contributed by atoms with E-state index in [1.54, 1.807) is 0 Å². The van der Waals surface area contributed by atoms with Crippen LogP contribution in [0, 0.1) is 11.8 Å². The molecule has 1 aliphatic carbocycles. The molecule has 1 fully saturated rings. The zero-order valence-electron chi connectivity index (χ0n) is 5.84. The molecule has 0 spiro atoms. The predicted molar refractivity (Wildman–Crippen MR) is 28.3 cm³/mol. The molecule has 0 aliphatic heterocycles. The Labute approximate surface area is 64.6 Å². The first-order chi connectivity index (χ1) is 5.23. The van der Waals surface area contributed by atoms with Crippen LogP contribution in [0.2, 0.25) is 0 Å². The third-order valence-corrected chi connectivity index (χ3v) is 2.12.